The molecule has 5 nitrogen and oxygen atoms in total. The molecule has 0 bridgehead atoms. The normalized spacial score (nSPS) is 13.4. The van der Waals surface area contributed by atoms with Crippen LogP contribution in [0.15, 0.2) is 59.8 Å². The predicted octanol–water partition coefficient (Wildman–Crippen LogP) is 4.26. The van der Waals surface area contributed by atoms with E-state index in [1.165, 1.54) is 35.7 Å². The third-order valence-electron chi connectivity index (χ3n) is 5.16. The first-order valence-corrected chi connectivity index (χ1v) is 11.0. The minimum Gasteiger partial charge on any atom is -0.341 e. The first kappa shape index (κ1) is 19.7. The molecule has 0 atom stereocenters. The Morgan fingerprint density at radius 2 is 1.79 bits per heavy atom. The Hall–Kier alpha value is -2.60. The van der Waals surface area contributed by atoms with E-state index < -0.39 is 0 Å². The Bertz CT molecular complexity index is 964. The number of carbonyl (C=O) groups excluding carboxylic acids is 1. The molecule has 1 aliphatic carbocycles. The molecule has 0 N–H and O–H groups in total. The Kier molecular flexibility index (Phi) is 6.00. The number of nitrogens with zero attached hydrogens (tertiary/aromatic N) is 4. The van der Waals surface area contributed by atoms with Gasteiger partial charge in [0.15, 0.2) is 5.16 Å². The van der Waals surface area contributed by atoms with Crippen molar-refractivity contribution in [3.8, 4) is 0 Å². The van der Waals surface area contributed by atoms with E-state index in [0.717, 1.165) is 23.1 Å². The van der Waals surface area contributed by atoms with Crippen molar-refractivity contribution in [1.29, 1.82) is 0 Å². The van der Waals surface area contributed by atoms with Crippen molar-refractivity contribution >= 4 is 17.7 Å². The molecular weight excluding hydrogens is 380 g/mol. The van der Waals surface area contributed by atoms with Crippen LogP contribution in [0.5, 0.6) is 0 Å². The number of carbonyl (C=O) groups is 1. The van der Waals surface area contributed by atoms with Crippen LogP contribution in [0.2, 0.25) is 0 Å². The molecule has 29 heavy (non-hydrogen) atoms. The van der Waals surface area contributed by atoms with Gasteiger partial charge in [0.2, 0.25) is 5.91 Å². The minimum absolute atomic E-state index is 0.0952. The summed E-state index contributed by atoms with van der Waals surface area (Å²) in [6.07, 6.45) is 2.35. The van der Waals surface area contributed by atoms with Gasteiger partial charge in [-0.1, -0.05) is 71.9 Å². The molecular formula is C23H26N4OS. The van der Waals surface area contributed by atoms with Gasteiger partial charge in [-0.25, -0.2) is 0 Å². The van der Waals surface area contributed by atoms with Gasteiger partial charge in [0.1, 0.15) is 5.82 Å². The summed E-state index contributed by atoms with van der Waals surface area (Å²) in [5.41, 5.74) is 3.58. The molecule has 0 aliphatic heterocycles. The summed E-state index contributed by atoms with van der Waals surface area (Å²) in [4.78, 5) is 14.4. The molecule has 0 unspecified atom stereocenters. The average molecular weight is 407 g/mol. The van der Waals surface area contributed by atoms with Gasteiger partial charge in [0, 0.05) is 19.5 Å². The van der Waals surface area contributed by atoms with E-state index in [4.69, 9.17) is 0 Å². The van der Waals surface area contributed by atoms with Crippen LogP contribution in [0.4, 0.5) is 0 Å². The first-order valence-electron chi connectivity index (χ1n) is 9.99. The lowest BCUT2D eigenvalue weighted by molar-refractivity contribution is -0.127. The molecule has 6 heteroatoms. The highest BCUT2D eigenvalue weighted by Gasteiger charge is 2.30. The van der Waals surface area contributed by atoms with E-state index in [1.807, 2.05) is 25.2 Å². The molecule has 1 fully saturated rings. The van der Waals surface area contributed by atoms with E-state index in [9.17, 15) is 4.79 Å². The van der Waals surface area contributed by atoms with Crippen molar-refractivity contribution in [2.45, 2.75) is 43.9 Å². The van der Waals surface area contributed by atoms with Gasteiger partial charge in [-0.05, 0) is 30.9 Å². The number of benzene rings is 2. The zero-order valence-electron chi connectivity index (χ0n) is 16.9. The van der Waals surface area contributed by atoms with Crippen molar-refractivity contribution in [2.75, 3.05) is 12.8 Å². The molecule has 1 aliphatic rings. The summed E-state index contributed by atoms with van der Waals surface area (Å²) < 4.78 is 2.19. The van der Waals surface area contributed by atoms with Crippen LogP contribution in [0, 0.1) is 6.92 Å². The maximum absolute atomic E-state index is 12.7. The van der Waals surface area contributed by atoms with Crippen molar-refractivity contribution < 1.29 is 4.79 Å². The van der Waals surface area contributed by atoms with Gasteiger partial charge in [0.25, 0.3) is 0 Å². The second-order valence-electron chi connectivity index (χ2n) is 7.71. The molecule has 0 radical (unpaired) electrons. The smallest absolute Gasteiger partial charge is 0.233 e. The van der Waals surface area contributed by atoms with Gasteiger partial charge in [-0.2, -0.15) is 0 Å². The van der Waals surface area contributed by atoms with Crippen molar-refractivity contribution in [3.63, 3.8) is 0 Å². The van der Waals surface area contributed by atoms with E-state index in [-0.39, 0.29) is 5.91 Å². The maximum atomic E-state index is 12.7. The number of thioether (sulfide) groups is 1. The monoisotopic (exact) mass is 406 g/mol. The summed E-state index contributed by atoms with van der Waals surface area (Å²) in [6, 6.07) is 18.7. The standard InChI is InChI=1S/C23H26N4OS/c1-17-8-10-19(11-9-17)14-26(2)21(28)16-29-23-25-24-22(20-12-13-20)27(23)15-18-6-4-3-5-7-18/h3-11,20H,12-16H2,1-2H3. The van der Waals surface area contributed by atoms with Gasteiger partial charge in [-0.3, -0.25) is 4.79 Å². The fourth-order valence-electron chi connectivity index (χ4n) is 3.26. The van der Waals surface area contributed by atoms with Crippen LogP contribution in [0.1, 0.15) is 41.3 Å². The molecule has 4 rings (SSSR count). The van der Waals surface area contributed by atoms with Gasteiger partial charge in [-0.15, -0.1) is 10.2 Å². The molecule has 1 heterocycles. The Morgan fingerprint density at radius 1 is 1.07 bits per heavy atom. The molecule has 3 aromatic rings. The van der Waals surface area contributed by atoms with Crippen LogP contribution in [0.25, 0.3) is 0 Å². The van der Waals surface area contributed by atoms with Crippen LogP contribution < -0.4 is 0 Å². The third kappa shape index (κ3) is 5.07. The topological polar surface area (TPSA) is 51.0 Å². The first-order chi connectivity index (χ1) is 14.1. The maximum Gasteiger partial charge on any atom is 0.233 e. The lowest BCUT2D eigenvalue weighted by Gasteiger charge is -2.17. The van der Waals surface area contributed by atoms with E-state index >= 15 is 0 Å². The van der Waals surface area contributed by atoms with E-state index in [0.29, 0.717) is 18.2 Å². The number of hydrogen-bond acceptors (Lipinski definition) is 4. The molecule has 1 amide bonds. The van der Waals surface area contributed by atoms with Crippen molar-refractivity contribution in [3.05, 3.63) is 77.1 Å². The summed E-state index contributed by atoms with van der Waals surface area (Å²) >= 11 is 1.48. The largest absolute Gasteiger partial charge is 0.341 e. The number of aromatic nitrogens is 3. The molecule has 1 saturated carbocycles. The number of hydrogen-bond donors (Lipinski definition) is 0. The molecule has 2 aromatic carbocycles. The summed E-state index contributed by atoms with van der Waals surface area (Å²) in [6.45, 7) is 3.43. The second kappa shape index (κ2) is 8.82. The molecule has 1 aromatic heterocycles. The lowest BCUT2D eigenvalue weighted by Crippen LogP contribution is -2.28. The highest BCUT2D eigenvalue weighted by atomic mass is 32.2. The fourth-order valence-corrected chi connectivity index (χ4v) is 4.14. The zero-order valence-corrected chi connectivity index (χ0v) is 17.7. The highest BCUT2D eigenvalue weighted by Crippen LogP contribution is 2.40. The SMILES string of the molecule is Cc1ccc(CN(C)C(=O)CSc2nnc(C3CC3)n2Cc2ccccc2)cc1. The number of aryl methyl sites for hydroxylation is 1. The third-order valence-corrected chi connectivity index (χ3v) is 6.11. The van der Waals surface area contributed by atoms with Crippen LogP contribution in [0.3, 0.4) is 0 Å². The van der Waals surface area contributed by atoms with Gasteiger partial charge >= 0.3 is 0 Å². The molecule has 0 spiro atoms. The van der Waals surface area contributed by atoms with Crippen molar-refractivity contribution in [2.24, 2.45) is 0 Å². The number of rotatable bonds is 8. The van der Waals surface area contributed by atoms with Gasteiger partial charge in [0.05, 0.1) is 12.3 Å². The summed E-state index contributed by atoms with van der Waals surface area (Å²) in [5.74, 6) is 2.02. The lowest BCUT2D eigenvalue weighted by atomic mass is 10.1. The Morgan fingerprint density at radius 3 is 2.48 bits per heavy atom. The fraction of sp³-hybridized carbons (Fsp3) is 0.348. The molecule has 0 saturated heterocycles. The zero-order chi connectivity index (χ0) is 20.2. The quantitative estimate of drug-likeness (QED) is 0.525. The van der Waals surface area contributed by atoms with Crippen molar-refractivity contribution in [1.82, 2.24) is 19.7 Å². The number of amides is 1. The summed E-state index contributed by atoms with van der Waals surface area (Å²) in [7, 11) is 1.85. The average Bonchev–Trinajstić information content (AvgIpc) is 3.50. The van der Waals surface area contributed by atoms with Crippen LogP contribution in [-0.4, -0.2) is 38.4 Å². The molecule has 150 valence electrons. The van der Waals surface area contributed by atoms with Crippen LogP contribution in [-0.2, 0) is 17.9 Å². The minimum atomic E-state index is 0.0952. The Balaban J connectivity index is 1.41. The van der Waals surface area contributed by atoms with E-state index in [1.54, 1.807) is 4.90 Å². The Labute approximate surface area is 176 Å². The van der Waals surface area contributed by atoms with Crippen LogP contribution >= 0.6 is 11.8 Å². The van der Waals surface area contributed by atoms with Gasteiger partial charge < -0.3 is 9.47 Å². The van der Waals surface area contributed by atoms with E-state index in [2.05, 4.69) is 58.1 Å². The highest BCUT2D eigenvalue weighted by molar-refractivity contribution is 7.99. The second-order valence-corrected chi connectivity index (χ2v) is 8.65. The summed E-state index contributed by atoms with van der Waals surface area (Å²) in [5, 5.41) is 9.67. The predicted molar refractivity (Wildman–Crippen MR) is 116 cm³/mol.